The zero-order valence-electron chi connectivity index (χ0n) is 13.5. The van der Waals surface area contributed by atoms with Crippen LogP contribution in [0.5, 0.6) is 0 Å². The third-order valence-corrected chi connectivity index (χ3v) is 5.69. The van der Waals surface area contributed by atoms with E-state index in [1.54, 1.807) is 12.1 Å². The van der Waals surface area contributed by atoms with Crippen LogP contribution in [-0.2, 0) is 4.79 Å². The summed E-state index contributed by atoms with van der Waals surface area (Å²) in [6.45, 7) is 0.719. The summed E-state index contributed by atoms with van der Waals surface area (Å²) in [6, 6.07) is 12.6. The van der Waals surface area contributed by atoms with Gasteiger partial charge in [-0.05, 0) is 54.8 Å². The Hall–Kier alpha value is -1.07. The van der Waals surface area contributed by atoms with E-state index in [4.69, 9.17) is 23.2 Å². The molecule has 1 heterocycles. The second kappa shape index (κ2) is 8.09. The minimum absolute atomic E-state index is 0.223. The molecule has 0 bridgehead atoms. The normalized spacial score (nSPS) is 19.6. The van der Waals surface area contributed by atoms with E-state index in [0.717, 1.165) is 35.0 Å². The van der Waals surface area contributed by atoms with E-state index < -0.39 is 12.0 Å². The largest absolute Gasteiger partial charge is 0.480 e. The maximum absolute atomic E-state index is 11.8. The Morgan fingerprint density at radius 2 is 1.88 bits per heavy atom. The number of piperidine rings is 1. The van der Waals surface area contributed by atoms with Gasteiger partial charge < -0.3 is 5.11 Å². The van der Waals surface area contributed by atoms with E-state index in [0.29, 0.717) is 16.5 Å². The summed E-state index contributed by atoms with van der Waals surface area (Å²) in [5, 5.41) is 10.8. The second-order valence-corrected chi connectivity index (χ2v) is 7.97. The third kappa shape index (κ3) is 4.20. The van der Waals surface area contributed by atoms with Gasteiger partial charge in [-0.25, -0.2) is 0 Å². The summed E-state index contributed by atoms with van der Waals surface area (Å²) >= 11 is 16.0. The predicted molar refractivity (Wildman–Crippen MR) is 104 cm³/mol. The molecule has 132 valence electrons. The average Bonchev–Trinajstić information content (AvgIpc) is 2.59. The summed E-state index contributed by atoms with van der Waals surface area (Å²) in [5.74, 6) is -0.785. The van der Waals surface area contributed by atoms with Gasteiger partial charge >= 0.3 is 5.97 Å². The third-order valence-electron chi connectivity index (χ3n) is 4.60. The molecule has 2 atom stereocenters. The highest BCUT2D eigenvalue weighted by atomic mass is 79.9. The van der Waals surface area contributed by atoms with Crippen LogP contribution in [0.3, 0.4) is 0 Å². The molecular formula is C19H18BrCl2NO2. The maximum atomic E-state index is 11.8. The first kappa shape index (κ1) is 18.7. The zero-order valence-corrected chi connectivity index (χ0v) is 16.6. The fourth-order valence-corrected chi connectivity index (χ4v) is 4.22. The number of carboxylic acid groups (broad SMARTS) is 1. The molecule has 25 heavy (non-hydrogen) atoms. The molecule has 2 unspecified atom stereocenters. The molecule has 0 radical (unpaired) electrons. The van der Waals surface area contributed by atoms with Crippen molar-refractivity contribution >= 4 is 45.1 Å². The van der Waals surface area contributed by atoms with Gasteiger partial charge in [0.05, 0.1) is 6.04 Å². The number of halogens is 3. The summed E-state index contributed by atoms with van der Waals surface area (Å²) in [4.78, 5) is 13.9. The van der Waals surface area contributed by atoms with Gasteiger partial charge in [0, 0.05) is 14.5 Å². The minimum atomic E-state index is -0.785. The molecule has 2 aromatic carbocycles. The van der Waals surface area contributed by atoms with Crippen LogP contribution in [0.1, 0.15) is 36.4 Å². The summed E-state index contributed by atoms with van der Waals surface area (Å²) < 4.78 is 0.977. The number of hydrogen-bond donors (Lipinski definition) is 1. The van der Waals surface area contributed by atoms with Crippen molar-refractivity contribution in [2.24, 2.45) is 0 Å². The van der Waals surface area contributed by atoms with Crippen LogP contribution < -0.4 is 0 Å². The van der Waals surface area contributed by atoms with Crippen molar-refractivity contribution in [3.05, 3.63) is 68.1 Å². The Bertz CT molecular complexity index is 767. The van der Waals surface area contributed by atoms with Gasteiger partial charge in [0.15, 0.2) is 0 Å². The van der Waals surface area contributed by atoms with Crippen LogP contribution in [0.4, 0.5) is 0 Å². The zero-order chi connectivity index (χ0) is 18.0. The molecule has 1 saturated heterocycles. The van der Waals surface area contributed by atoms with Crippen molar-refractivity contribution in [3.63, 3.8) is 0 Å². The first-order chi connectivity index (χ1) is 12.0. The summed E-state index contributed by atoms with van der Waals surface area (Å²) in [6.07, 6.45) is 2.55. The highest BCUT2D eigenvalue weighted by Crippen LogP contribution is 2.38. The molecule has 0 saturated carbocycles. The minimum Gasteiger partial charge on any atom is -0.480 e. The van der Waals surface area contributed by atoms with Gasteiger partial charge in [0.1, 0.15) is 6.04 Å². The molecule has 1 fully saturated rings. The fraction of sp³-hybridized carbons (Fsp3) is 0.316. The van der Waals surface area contributed by atoms with Crippen LogP contribution in [0.25, 0.3) is 0 Å². The lowest BCUT2D eigenvalue weighted by Crippen LogP contribution is -2.46. The fourth-order valence-electron chi connectivity index (χ4n) is 3.45. The lowest BCUT2D eigenvalue weighted by Gasteiger charge is -2.40. The molecule has 1 aliphatic heterocycles. The van der Waals surface area contributed by atoms with Crippen molar-refractivity contribution in [1.29, 1.82) is 0 Å². The van der Waals surface area contributed by atoms with Crippen LogP contribution in [0.15, 0.2) is 46.9 Å². The highest BCUT2D eigenvalue weighted by molar-refractivity contribution is 9.10. The molecule has 0 aliphatic carbocycles. The molecule has 3 nitrogen and oxygen atoms in total. The van der Waals surface area contributed by atoms with Crippen LogP contribution in [0.2, 0.25) is 10.0 Å². The Morgan fingerprint density at radius 3 is 2.52 bits per heavy atom. The number of nitrogens with zero attached hydrogens (tertiary/aromatic N) is 1. The van der Waals surface area contributed by atoms with Gasteiger partial charge in [-0.15, -0.1) is 0 Å². The Labute approximate surface area is 165 Å². The van der Waals surface area contributed by atoms with Crippen molar-refractivity contribution < 1.29 is 9.90 Å². The summed E-state index contributed by atoms with van der Waals surface area (Å²) in [7, 11) is 0. The lowest BCUT2D eigenvalue weighted by atomic mass is 9.91. The van der Waals surface area contributed by atoms with E-state index >= 15 is 0 Å². The first-order valence-electron chi connectivity index (χ1n) is 8.16. The van der Waals surface area contributed by atoms with Gasteiger partial charge in [-0.3, -0.25) is 9.69 Å². The molecule has 3 rings (SSSR count). The predicted octanol–water partition coefficient (Wildman–Crippen LogP) is 5.78. The molecule has 0 amide bonds. The van der Waals surface area contributed by atoms with Gasteiger partial charge in [0.2, 0.25) is 0 Å². The van der Waals surface area contributed by atoms with Crippen molar-refractivity contribution in [2.45, 2.75) is 31.3 Å². The monoisotopic (exact) mass is 441 g/mol. The van der Waals surface area contributed by atoms with E-state index in [2.05, 4.69) is 15.9 Å². The van der Waals surface area contributed by atoms with Crippen molar-refractivity contribution in [2.75, 3.05) is 6.54 Å². The van der Waals surface area contributed by atoms with E-state index in [1.165, 1.54) is 0 Å². The molecule has 6 heteroatoms. The Kier molecular flexibility index (Phi) is 6.05. The van der Waals surface area contributed by atoms with Crippen molar-refractivity contribution in [3.8, 4) is 0 Å². The van der Waals surface area contributed by atoms with Gasteiger partial charge in [-0.2, -0.15) is 0 Å². The molecule has 0 aromatic heterocycles. The second-order valence-electron chi connectivity index (χ2n) is 6.21. The number of benzene rings is 2. The van der Waals surface area contributed by atoms with Crippen molar-refractivity contribution in [1.82, 2.24) is 4.90 Å². The topological polar surface area (TPSA) is 40.5 Å². The van der Waals surface area contributed by atoms with E-state index in [-0.39, 0.29) is 6.04 Å². The van der Waals surface area contributed by atoms with Crippen LogP contribution in [-0.4, -0.2) is 28.6 Å². The smallest absolute Gasteiger partial charge is 0.320 e. The van der Waals surface area contributed by atoms with E-state index in [9.17, 15) is 9.90 Å². The standard InChI is InChI=1S/C19H18BrCl2NO2/c20-13-6-4-12(5-7-13)18(15-9-8-14(21)11-16(15)22)23-10-2-1-3-17(23)19(24)25/h4-9,11,17-18H,1-3,10H2,(H,24,25). The number of rotatable bonds is 4. The number of carboxylic acids is 1. The first-order valence-corrected chi connectivity index (χ1v) is 9.71. The quantitative estimate of drug-likeness (QED) is 0.651. The molecule has 0 spiro atoms. The number of aliphatic carboxylic acids is 1. The number of hydrogen-bond acceptors (Lipinski definition) is 2. The number of carbonyl (C=O) groups is 1. The van der Waals surface area contributed by atoms with Crippen LogP contribution >= 0.6 is 39.1 Å². The average molecular weight is 443 g/mol. The number of likely N-dealkylation sites (tertiary alicyclic amines) is 1. The van der Waals surface area contributed by atoms with Gasteiger partial charge in [-0.1, -0.05) is 63.8 Å². The SMILES string of the molecule is O=C(O)C1CCCCN1C(c1ccc(Br)cc1)c1ccc(Cl)cc1Cl. The molecule has 1 N–H and O–H groups in total. The van der Waals surface area contributed by atoms with Crippen LogP contribution in [0, 0.1) is 0 Å². The highest BCUT2D eigenvalue weighted by Gasteiger charge is 2.35. The molecule has 2 aromatic rings. The van der Waals surface area contributed by atoms with Gasteiger partial charge in [0.25, 0.3) is 0 Å². The Balaban J connectivity index is 2.10. The molecule has 1 aliphatic rings. The maximum Gasteiger partial charge on any atom is 0.320 e. The van der Waals surface area contributed by atoms with E-state index in [1.807, 2.05) is 35.2 Å². The Morgan fingerprint density at radius 1 is 1.16 bits per heavy atom. The molecular weight excluding hydrogens is 425 g/mol. The summed E-state index contributed by atoms with van der Waals surface area (Å²) in [5.41, 5.74) is 1.89. The lowest BCUT2D eigenvalue weighted by molar-refractivity contribution is -0.145.